The lowest BCUT2D eigenvalue weighted by atomic mass is 10.2. The van der Waals surface area contributed by atoms with E-state index in [-0.39, 0.29) is 12.3 Å². The van der Waals surface area contributed by atoms with Gasteiger partial charge in [0.25, 0.3) is 0 Å². The van der Waals surface area contributed by atoms with Crippen LogP contribution in [0.2, 0.25) is 0 Å². The quantitative estimate of drug-likeness (QED) is 0.812. The topological polar surface area (TPSA) is 68.0 Å². The van der Waals surface area contributed by atoms with Crippen molar-refractivity contribution in [2.75, 3.05) is 0 Å². The molecular formula is C13H13N3OS. The molecule has 0 bridgehead atoms. The van der Waals surface area contributed by atoms with Gasteiger partial charge in [-0.2, -0.15) is 0 Å². The SMILES string of the molecule is C#CCC(N)C(=O)NCc1nc2ccccc2s1. The fraction of sp³-hybridized carbons (Fsp3) is 0.231. The highest BCUT2D eigenvalue weighted by Crippen LogP contribution is 2.21. The monoisotopic (exact) mass is 259 g/mol. The van der Waals surface area contributed by atoms with E-state index in [0.717, 1.165) is 15.2 Å². The lowest BCUT2D eigenvalue weighted by Crippen LogP contribution is -2.39. The van der Waals surface area contributed by atoms with Crippen molar-refractivity contribution >= 4 is 27.5 Å². The van der Waals surface area contributed by atoms with E-state index in [1.165, 1.54) is 0 Å². The number of amides is 1. The second kappa shape index (κ2) is 5.63. The van der Waals surface area contributed by atoms with Crippen molar-refractivity contribution in [3.63, 3.8) is 0 Å². The first kappa shape index (κ1) is 12.6. The number of hydrogen-bond donors (Lipinski definition) is 2. The van der Waals surface area contributed by atoms with Gasteiger partial charge in [0.15, 0.2) is 0 Å². The number of thiazole rings is 1. The van der Waals surface area contributed by atoms with Gasteiger partial charge in [0.2, 0.25) is 5.91 Å². The van der Waals surface area contributed by atoms with E-state index in [1.54, 1.807) is 11.3 Å². The number of fused-ring (bicyclic) bond motifs is 1. The third kappa shape index (κ3) is 2.86. The van der Waals surface area contributed by atoms with Crippen LogP contribution in [0.1, 0.15) is 11.4 Å². The zero-order valence-electron chi connectivity index (χ0n) is 9.72. The third-order valence-corrected chi connectivity index (χ3v) is 3.46. The summed E-state index contributed by atoms with van der Waals surface area (Å²) in [7, 11) is 0. The smallest absolute Gasteiger partial charge is 0.238 e. The van der Waals surface area contributed by atoms with Crippen LogP contribution in [0.5, 0.6) is 0 Å². The fourth-order valence-corrected chi connectivity index (χ4v) is 2.42. The predicted octanol–water partition coefficient (Wildman–Crippen LogP) is 1.26. The number of hydrogen-bond acceptors (Lipinski definition) is 4. The van der Waals surface area contributed by atoms with Gasteiger partial charge in [0.05, 0.1) is 22.8 Å². The fourth-order valence-electron chi connectivity index (χ4n) is 1.51. The van der Waals surface area contributed by atoms with Crippen molar-refractivity contribution in [1.82, 2.24) is 10.3 Å². The normalized spacial score (nSPS) is 12.0. The number of carbonyl (C=O) groups excluding carboxylic acids is 1. The Labute approximate surface area is 109 Å². The average molecular weight is 259 g/mol. The summed E-state index contributed by atoms with van der Waals surface area (Å²) < 4.78 is 1.11. The lowest BCUT2D eigenvalue weighted by molar-refractivity contribution is -0.122. The molecule has 0 radical (unpaired) electrons. The Balaban J connectivity index is 1.98. The van der Waals surface area contributed by atoms with Crippen molar-refractivity contribution in [3.8, 4) is 12.3 Å². The summed E-state index contributed by atoms with van der Waals surface area (Å²) in [6.07, 6.45) is 5.35. The minimum Gasteiger partial charge on any atom is -0.348 e. The molecule has 2 rings (SSSR count). The Kier molecular flexibility index (Phi) is 3.92. The number of nitrogens with zero attached hydrogens (tertiary/aromatic N) is 1. The van der Waals surface area contributed by atoms with Gasteiger partial charge in [0.1, 0.15) is 5.01 Å². The van der Waals surface area contributed by atoms with Crippen LogP contribution in [0.3, 0.4) is 0 Å². The van der Waals surface area contributed by atoms with Gasteiger partial charge in [-0.15, -0.1) is 23.7 Å². The highest BCUT2D eigenvalue weighted by molar-refractivity contribution is 7.18. The van der Waals surface area contributed by atoms with Crippen molar-refractivity contribution in [2.24, 2.45) is 5.73 Å². The number of benzene rings is 1. The maximum Gasteiger partial charge on any atom is 0.238 e. The number of terminal acetylenes is 1. The molecule has 4 nitrogen and oxygen atoms in total. The van der Waals surface area contributed by atoms with E-state index >= 15 is 0 Å². The van der Waals surface area contributed by atoms with E-state index in [4.69, 9.17) is 12.2 Å². The van der Waals surface area contributed by atoms with Gasteiger partial charge in [-0.3, -0.25) is 4.79 Å². The summed E-state index contributed by atoms with van der Waals surface area (Å²) in [5.41, 5.74) is 6.54. The molecule has 18 heavy (non-hydrogen) atoms. The highest BCUT2D eigenvalue weighted by atomic mass is 32.1. The van der Waals surface area contributed by atoms with Crippen molar-refractivity contribution < 1.29 is 4.79 Å². The molecule has 0 fully saturated rings. The Bertz CT molecular complexity index is 567. The van der Waals surface area contributed by atoms with Crippen LogP contribution in [-0.4, -0.2) is 16.9 Å². The van der Waals surface area contributed by atoms with Crippen LogP contribution in [0, 0.1) is 12.3 Å². The van der Waals surface area contributed by atoms with E-state index in [2.05, 4.69) is 16.2 Å². The van der Waals surface area contributed by atoms with E-state index in [1.807, 2.05) is 24.3 Å². The Hall–Kier alpha value is -1.90. The van der Waals surface area contributed by atoms with Gasteiger partial charge in [0, 0.05) is 6.42 Å². The molecule has 0 aliphatic rings. The zero-order chi connectivity index (χ0) is 13.0. The summed E-state index contributed by atoms with van der Waals surface area (Å²) in [4.78, 5) is 16.0. The summed E-state index contributed by atoms with van der Waals surface area (Å²) in [6.45, 7) is 0.385. The lowest BCUT2D eigenvalue weighted by Gasteiger charge is -2.07. The van der Waals surface area contributed by atoms with Crippen LogP contribution in [-0.2, 0) is 11.3 Å². The average Bonchev–Trinajstić information content (AvgIpc) is 2.78. The molecule has 92 valence electrons. The molecule has 1 aromatic carbocycles. The largest absolute Gasteiger partial charge is 0.348 e. The van der Waals surface area contributed by atoms with Crippen LogP contribution in [0.15, 0.2) is 24.3 Å². The maximum absolute atomic E-state index is 11.6. The zero-order valence-corrected chi connectivity index (χ0v) is 10.5. The molecule has 3 N–H and O–H groups in total. The number of rotatable bonds is 4. The number of para-hydroxylation sites is 1. The standard InChI is InChI=1S/C13H13N3OS/c1-2-5-9(14)13(17)15-8-12-16-10-6-3-4-7-11(10)18-12/h1,3-4,6-7,9H,5,8,14H2,(H,15,17). The van der Waals surface area contributed by atoms with E-state index in [0.29, 0.717) is 6.54 Å². The number of nitrogens with one attached hydrogen (secondary N) is 1. The Morgan fingerprint density at radius 2 is 2.33 bits per heavy atom. The summed E-state index contributed by atoms with van der Waals surface area (Å²) in [6, 6.07) is 7.20. The molecule has 1 aromatic heterocycles. The van der Waals surface area contributed by atoms with Gasteiger partial charge in [-0.1, -0.05) is 12.1 Å². The first-order valence-electron chi connectivity index (χ1n) is 5.52. The molecule has 1 atom stereocenters. The van der Waals surface area contributed by atoms with Gasteiger partial charge < -0.3 is 11.1 Å². The Morgan fingerprint density at radius 1 is 1.56 bits per heavy atom. The third-order valence-electron chi connectivity index (χ3n) is 2.43. The van der Waals surface area contributed by atoms with Crippen molar-refractivity contribution in [2.45, 2.75) is 19.0 Å². The molecule has 0 saturated carbocycles. The molecule has 1 unspecified atom stereocenters. The minimum atomic E-state index is -0.649. The molecule has 0 aliphatic heterocycles. The van der Waals surface area contributed by atoms with Crippen LogP contribution < -0.4 is 11.1 Å². The van der Waals surface area contributed by atoms with E-state index in [9.17, 15) is 4.79 Å². The van der Waals surface area contributed by atoms with E-state index < -0.39 is 6.04 Å². The second-order valence-electron chi connectivity index (χ2n) is 3.81. The second-order valence-corrected chi connectivity index (χ2v) is 4.92. The van der Waals surface area contributed by atoms with Gasteiger partial charge in [-0.05, 0) is 12.1 Å². The summed E-state index contributed by atoms with van der Waals surface area (Å²) in [5, 5.41) is 3.59. The molecule has 5 heteroatoms. The molecule has 0 saturated heterocycles. The molecular weight excluding hydrogens is 246 g/mol. The summed E-state index contributed by atoms with van der Waals surface area (Å²) >= 11 is 1.56. The van der Waals surface area contributed by atoms with Crippen molar-refractivity contribution in [3.05, 3.63) is 29.3 Å². The predicted molar refractivity (Wildman–Crippen MR) is 72.9 cm³/mol. The van der Waals surface area contributed by atoms with Crippen molar-refractivity contribution in [1.29, 1.82) is 0 Å². The van der Waals surface area contributed by atoms with Crippen LogP contribution in [0.4, 0.5) is 0 Å². The Morgan fingerprint density at radius 3 is 3.06 bits per heavy atom. The molecule has 1 heterocycles. The first-order chi connectivity index (χ1) is 8.70. The number of carbonyl (C=O) groups is 1. The van der Waals surface area contributed by atoms with Gasteiger partial charge in [-0.25, -0.2) is 4.98 Å². The van der Waals surface area contributed by atoms with Crippen LogP contribution in [0.25, 0.3) is 10.2 Å². The molecule has 0 aliphatic carbocycles. The number of nitrogens with two attached hydrogens (primary N) is 1. The maximum atomic E-state index is 11.6. The molecule has 1 amide bonds. The first-order valence-corrected chi connectivity index (χ1v) is 6.33. The van der Waals surface area contributed by atoms with Gasteiger partial charge >= 0.3 is 0 Å². The highest BCUT2D eigenvalue weighted by Gasteiger charge is 2.12. The summed E-state index contributed by atoms with van der Waals surface area (Å²) in [5.74, 6) is 2.13. The minimum absolute atomic E-state index is 0.242. The van der Waals surface area contributed by atoms with Crippen LogP contribution >= 0.6 is 11.3 Å². The molecule has 0 spiro atoms. The number of aromatic nitrogens is 1. The molecule has 2 aromatic rings.